The van der Waals surface area contributed by atoms with E-state index in [-0.39, 0.29) is 23.6 Å². The Hall–Kier alpha value is -2.84. The summed E-state index contributed by atoms with van der Waals surface area (Å²) in [5.74, 6) is -0.627. The van der Waals surface area contributed by atoms with Crippen molar-refractivity contribution in [1.29, 1.82) is 0 Å². The minimum atomic E-state index is -3.64. The van der Waals surface area contributed by atoms with Crippen LogP contribution < -0.4 is 4.72 Å². The van der Waals surface area contributed by atoms with Crippen LogP contribution in [0, 0.1) is 6.92 Å². The van der Waals surface area contributed by atoms with Gasteiger partial charge in [-0.3, -0.25) is 0 Å². The maximum Gasteiger partial charge on any atom is 0.338 e. The fraction of sp³-hybridized carbons (Fsp3) is 0.211. The van der Waals surface area contributed by atoms with Gasteiger partial charge in [0.2, 0.25) is 10.0 Å². The Labute approximate surface area is 157 Å². The van der Waals surface area contributed by atoms with Gasteiger partial charge in [-0.15, -0.1) is 0 Å². The molecule has 0 unspecified atom stereocenters. The molecular weight excluding hydrogens is 366 g/mol. The van der Waals surface area contributed by atoms with Gasteiger partial charge in [0.15, 0.2) is 0 Å². The van der Waals surface area contributed by atoms with Crippen LogP contribution in [0.3, 0.4) is 0 Å². The summed E-state index contributed by atoms with van der Waals surface area (Å²) < 4.78 is 31.9. The van der Waals surface area contributed by atoms with E-state index in [9.17, 15) is 13.2 Å². The third kappa shape index (κ3) is 4.29. The number of nitrogens with one attached hydrogen (secondary N) is 1. The van der Waals surface area contributed by atoms with E-state index in [1.165, 1.54) is 24.3 Å². The lowest BCUT2D eigenvalue weighted by atomic mass is 10.2. The molecule has 1 heterocycles. The Morgan fingerprint density at radius 2 is 1.78 bits per heavy atom. The first kappa shape index (κ1) is 18.9. The highest BCUT2D eigenvalue weighted by Crippen LogP contribution is 2.15. The Balaban J connectivity index is 1.78. The molecular formula is C19H19N3O4S. The Kier molecular flexibility index (Phi) is 5.48. The number of aromatic nitrogens is 2. The van der Waals surface area contributed by atoms with E-state index in [4.69, 9.17) is 4.74 Å². The molecule has 0 atom stereocenters. The number of hydrogen-bond acceptors (Lipinski definition) is 6. The quantitative estimate of drug-likeness (QED) is 0.655. The Morgan fingerprint density at radius 3 is 2.48 bits per heavy atom. The van der Waals surface area contributed by atoms with Crippen molar-refractivity contribution in [1.82, 2.24) is 14.7 Å². The topological polar surface area (TPSA) is 98.2 Å². The molecule has 3 aromatic rings. The third-order valence-electron chi connectivity index (χ3n) is 3.90. The minimum Gasteiger partial charge on any atom is -0.456 e. The number of hydrogen-bond donors (Lipinski definition) is 1. The molecule has 0 aliphatic heterocycles. The van der Waals surface area contributed by atoms with Crippen LogP contribution in [0.15, 0.2) is 53.4 Å². The third-order valence-corrected chi connectivity index (χ3v) is 5.44. The lowest BCUT2D eigenvalue weighted by molar-refractivity contribution is 0.0466. The standard InChI is InChI=1S/C19H19N3O4S/c1-3-20-27(24,25)15-8-6-7-14(11-15)19(23)26-12-18-13(2)21-16-9-4-5-10-17(16)22-18/h4-11,20H,3,12H2,1-2H3. The molecule has 0 aliphatic carbocycles. The molecule has 140 valence electrons. The molecule has 0 fully saturated rings. The molecule has 0 bridgehead atoms. The van der Waals surface area contributed by atoms with Gasteiger partial charge >= 0.3 is 5.97 Å². The molecule has 0 spiro atoms. The van der Waals surface area contributed by atoms with Crippen LogP contribution in [0.2, 0.25) is 0 Å². The first-order valence-electron chi connectivity index (χ1n) is 8.40. The average Bonchev–Trinajstić information content (AvgIpc) is 2.66. The maximum atomic E-state index is 12.3. The van der Waals surface area contributed by atoms with Gasteiger partial charge in [-0.2, -0.15) is 0 Å². The van der Waals surface area contributed by atoms with Crippen LogP contribution in [0.4, 0.5) is 0 Å². The van der Waals surface area contributed by atoms with E-state index in [1.807, 2.05) is 24.3 Å². The van der Waals surface area contributed by atoms with Gasteiger partial charge in [0.05, 0.1) is 32.9 Å². The van der Waals surface area contributed by atoms with Crippen LogP contribution in [0.1, 0.15) is 28.7 Å². The molecule has 7 nitrogen and oxygen atoms in total. The van der Waals surface area contributed by atoms with Gasteiger partial charge in [0.25, 0.3) is 0 Å². The summed E-state index contributed by atoms with van der Waals surface area (Å²) in [7, 11) is -3.64. The normalized spacial score (nSPS) is 11.5. The molecule has 0 saturated carbocycles. The van der Waals surface area contributed by atoms with Gasteiger partial charge < -0.3 is 4.74 Å². The molecule has 8 heteroatoms. The van der Waals surface area contributed by atoms with Crippen molar-refractivity contribution >= 4 is 27.0 Å². The first-order valence-corrected chi connectivity index (χ1v) is 9.88. The zero-order chi connectivity index (χ0) is 19.4. The van der Waals surface area contributed by atoms with Crippen molar-refractivity contribution in [3.05, 3.63) is 65.5 Å². The fourth-order valence-corrected chi connectivity index (χ4v) is 3.63. The van der Waals surface area contributed by atoms with Crippen LogP contribution in [-0.2, 0) is 21.4 Å². The van der Waals surface area contributed by atoms with Crippen molar-refractivity contribution in [3.63, 3.8) is 0 Å². The van der Waals surface area contributed by atoms with E-state index >= 15 is 0 Å². The number of rotatable bonds is 6. The second kappa shape index (κ2) is 7.81. The van der Waals surface area contributed by atoms with E-state index in [1.54, 1.807) is 13.8 Å². The number of carbonyl (C=O) groups excluding carboxylic acids is 1. The van der Waals surface area contributed by atoms with Crippen molar-refractivity contribution in [2.45, 2.75) is 25.3 Å². The van der Waals surface area contributed by atoms with Gasteiger partial charge in [0.1, 0.15) is 6.61 Å². The summed E-state index contributed by atoms with van der Waals surface area (Å²) in [6.07, 6.45) is 0. The van der Waals surface area contributed by atoms with Crippen LogP contribution in [-0.4, -0.2) is 30.9 Å². The van der Waals surface area contributed by atoms with Crippen molar-refractivity contribution in [2.24, 2.45) is 0 Å². The minimum absolute atomic E-state index is 0.0143. The second-order valence-corrected chi connectivity index (χ2v) is 7.62. The molecule has 1 aromatic heterocycles. The Morgan fingerprint density at radius 1 is 1.07 bits per heavy atom. The predicted octanol–water partition coefficient (Wildman–Crippen LogP) is 2.59. The van der Waals surface area contributed by atoms with E-state index < -0.39 is 16.0 Å². The number of fused-ring (bicyclic) bond motifs is 1. The van der Waals surface area contributed by atoms with E-state index in [0.717, 1.165) is 5.52 Å². The number of benzene rings is 2. The number of esters is 1. The summed E-state index contributed by atoms with van der Waals surface area (Å²) in [4.78, 5) is 21.3. The predicted molar refractivity (Wildman–Crippen MR) is 101 cm³/mol. The highest BCUT2D eigenvalue weighted by molar-refractivity contribution is 7.89. The monoisotopic (exact) mass is 385 g/mol. The molecule has 0 saturated heterocycles. The summed E-state index contributed by atoms with van der Waals surface area (Å²) in [6.45, 7) is 3.69. The van der Waals surface area contributed by atoms with Crippen molar-refractivity contribution in [2.75, 3.05) is 6.54 Å². The molecule has 0 radical (unpaired) electrons. The first-order chi connectivity index (χ1) is 12.9. The highest BCUT2D eigenvalue weighted by atomic mass is 32.2. The summed E-state index contributed by atoms with van der Waals surface area (Å²) >= 11 is 0. The molecule has 0 aliphatic rings. The smallest absolute Gasteiger partial charge is 0.338 e. The second-order valence-electron chi connectivity index (χ2n) is 5.85. The molecule has 3 rings (SSSR count). The summed E-state index contributed by atoms with van der Waals surface area (Å²) in [5, 5.41) is 0. The van der Waals surface area contributed by atoms with E-state index in [2.05, 4.69) is 14.7 Å². The number of ether oxygens (including phenoxy) is 1. The van der Waals surface area contributed by atoms with Crippen LogP contribution in [0.5, 0.6) is 0 Å². The highest BCUT2D eigenvalue weighted by Gasteiger charge is 2.16. The molecule has 2 aromatic carbocycles. The van der Waals surface area contributed by atoms with Crippen molar-refractivity contribution < 1.29 is 17.9 Å². The van der Waals surface area contributed by atoms with Crippen LogP contribution >= 0.6 is 0 Å². The Bertz CT molecular complexity index is 1100. The average molecular weight is 385 g/mol. The summed E-state index contributed by atoms with van der Waals surface area (Å²) in [5.41, 5.74) is 2.86. The largest absolute Gasteiger partial charge is 0.456 e. The lowest BCUT2D eigenvalue weighted by Gasteiger charge is -2.09. The van der Waals surface area contributed by atoms with Crippen molar-refractivity contribution in [3.8, 4) is 0 Å². The van der Waals surface area contributed by atoms with Gasteiger partial charge in [-0.25, -0.2) is 27.9 Å². The van der Waals surface area contributed by atoms with Gasteiger partial charge in [0, 0.05) is 6.54 Å². The molecule has 0 amide bonds. The van der Waals surface area contributed by atoms with E-state index in [0.29, 0.717) is 16.9 Å². The number of aryl methyl sites for hydroxylation is 1. The zero-order valence-electron chi connectivity index (χ0n) is 15.0. The SMILES string of the molecule is CCNS(=O)(=O)c1cccc(C(=O)OCc2nc3ccccc3nc2C)c1. The number of nitrogens with zero attached hydrogens (tertiary/aromatic N) is 2. The number of carbonyl (C=O) groups is 1. The number of sulfonamides is 1. The summed E-state index contributed by atoms with van der Waals surface area (Å²) in [6, 6.07) is 13.2. The number of para-hydroxylation sites is 2. The fourth-order valence-electron chi connectivity index (χ4n) is 2.54. The lowest BCUT2D eigenvalue weighted by Crippen LogP contribution is -2.23. The van der Waals surface area contributed by atoms with Crippen LogP contribution in [0.25, 0.3) is 11.0 Å². The van der Waals surface area contributed by atoms with Gasteiger partial charge in [-0.05, 0) is 37.3 Å². The molecule has 27 heavy (non-hydrogen) atoms. The molecule has 1 N–H and O–H groups in total. The maximum absolute atomic E-state index is 12.3. The van der Waals surface area contributed by atoms with Gasteiger partial charge in [-0.1, -0.05) is 25.1 Å². The zero-order valence-corrected chi connectivity index (χ0v) is 15.8.